The number of carbonyl (C=O) groups excluding carboxylic acids is 1. The normalized spacial score (nSPS) is 20.9. The Morgan fingerprint density at radius 2 is 1.82 bits per heavy atom. The molecule has 11 heteroatoms. The SMILES string of the molecule is CSCC(=O)N1CC(c2ccc(C3=NOC(c4cc(Cl)c(F)c(Cl)c4)(C(F)(F)F)C3)cc2)C1. The molecule has 1 amide bonds. The highest BCUT2D eigenvalue weighted by atomic mass is 35.5. The van der Waals surface area contributed by atoms with Crippen molar-refractivity contribution in [2.24, 2.45) is 5.16 Å². The lowest BCUT2D eigenvalue weighted by molar-refractivity contribution is -0.275. The topological polar surface area (TPSA) is 41.9 Å². The predicted molar refractivity (Wildman–Crippen MR) is 121 cm³/mol. The van der Waals surface area contributed by atoms with Gasteiger partial charge in [0.05, 0.1) is 21.5 Å². The Labute approximate surface area is 201 Å². The van der Waals surface area contributed by atoms with Gasteiger partial charge < -0.3 is 9.74 Å². The second-order valence-electron chi connectivity index (χ2n) is 7.94. The molecule has 2 aromatic carbocycles. The summed E-state index contributed by atoms with van der Waals surface area (Å²) in [5.74, 6) is -0.280. The number of amides is 1. The lowest BCUT2D eigenvalue weighted by Gasteiger charge is -2.39. The van der Waals surface area contributed by atoms with Crippen LogP contribution in [0.1, 0.15) is 29.0 Å². The van der Waals surface area contributed by atoms with Crippen molar-refractivity contribution >= 4 is 46.6 Å². The van der Waals surface area contributed by atoms with E-state index in [-0.39, 0.29) is 17.5 Å². The van der Waals surface area contributed by atoms with Gasteiger partial charge in [-0.2, -0.15) is 24.9 Å². The van der Waals surface area contributed by atoms with E-state index in [0.717, 1.165) is 17.7 Å². The van der Waals surface area contributed by atoms with E-state index in [1.165, 1.54) is 11.8 Å². The molecule has 1 atom stereocenters. The van der Waals surface area contributed by atoms with E-state index in [4.69, 9.17) is 28.0 Å². The first kappa shape index (κ1) is 24.2. The van der Waals surface area contributed by atoms with Gasteiger partial charge in [-0.25, -0.2) is 4.39 Å². The van der Waals surface area contributed by atoms with E-state index in [9.17, 15) is 22.4 Å². The van der Waals surface area contributed by atoms with E-state index in [2.05, 4.69) is 5.16 Å². The Hall–Kier alpha value is -1.97. The molecule has 176 valence electrons. The number of carbonyl (C=O) groups is 1. The van der Waals surface area contributed by atoms with E-state index in [0.29, 0.717) is 24.4 Å². The van der Waals surface area contributed by atoms with Crippen molar-refractivity contribution in [1.82, 2.24) is 4.90 Å². The Morgan fingerprint density at radius 1 is 1.21 bits per heavy atom. The van der Waals surface area contributed by atoms with Crippen molar-refractivity contribution < 1.29 is 27.2 Å². The highest BCUT2D eigenvalue weighted by Gasteiger charge is 2.62. The molecule has 0 aliphatic carbocycles. The Morgan fingerprint density at radius 3 is 2.36 bits per heavy atom. The van der Waals surface area contributed by atoms with Crippen LogP contribution in [0, 0.1) is 5.82 Å². The highest BCUT2D eigenvalue weighted by Crippen LogP contribution is 2.50. The minimum Gasteiger partial charge on any atom is -0.374 e. The van der Waals surface area contributed by atoms with Crippen LogP contribution in [0.5, 0.6) is 0 Å². The van der Waals surface area contributed by atoms with Crippen molar-refractivity contribution in [3.63, 3.8) is 0 Å². The monoisotopic (exact) mass is 520 g/mol. The molecule has 0 spiro atoms. The van der Waals surface area contributed by atoms with Crippen LogP contribution in [-0.4, -0.2) is 47.8 Å². The Kier molecular flexibility index (Phi) is 6.59. The molecule has 2 aliphatic heterocycles. The standard InChI is InChI=1S/C22H18Cl2F4N2O2S/c1-33-11-19(31)30-9-14(10-30)12-2-4-13(5-3-12)18-8-21(32-29-18,22(26,27)28)15-6-16(23)20(25)17(24)7-15/h2-7,14H,8-11H2,1H3. The second kappa shape index (κ2) is 9.00. The van der Waals surface area contributed by atoms with Crippen molar-refractivity contribution in [3.8, 4) is 0 Å². The molecular formula is C22H18Cl2F4N2O2S. The van der Waals surface area contributed by atoms with Crippen molar-refractivity contribution in [2.75, 3.05) is 25.1 Å². The van der Waals surface area contributed by atoms with Crippen LogP contribution >= 0.6 is 35.0 Å². The molecule has 0 aromatic heterocycles. The zero-order valence-corrected chi connectivity index (χ0v) is 19.6. The maximum absolute atomic E-state index is 14.1. The molecule has 0 N–H and O–H groups in total. The summed E-state index contributed by atoms with van der Waals surface area (Å²) < 4.78 is 56.1. The average Bonchev–Trinajstić information content (AvgIpc) is 3.18. The summed E-state index contributed by atoms with van der Waals surface area (Å²) >= 11 is 12.9. The van der Waals surface area contributed by atoms with E-state index >= 15 is 0 Å². The molecule has 0 bridgehead atoms. The zero-order valence-electron chi connectivity index (χ0n) is 17.3. The largest absolute Gasteiger partial charge is 0.435 e. The quantitative estimate of drug-likeness (QED) is 0.358. The van der Waals surface area contributed by atoms with Crippen LogP contribution in [0.3, 0.4) is 0 Å². The number of alkyl halides is 3. The Balaban J connectivity index is 1.52. The summed E-state index contributed by atoms with van der Waals surface area (Å²) in [7, 11) is 0. The van der Waals surface area contributed by atoms with E-state index in [1.54, 1.807) is 17.0 Å². The van der Waals surface area contributed by atoms with Gasteiger partial charge >= 0.3 is 6.18 Å². The van der Waals surface area contributed by atoms with Gasteiger partial charge in [0.15, 0.2) is 5.82 Å². The molecule has 2 aliphatic rings. The number of oxime groups is 1. The molecule has 4 nitrogen and oxygen atoms in total. The van der Waals surface area contributed by atoms with E-state index < -0.39 is 39.6 Å². The minimum atomic E-state index is -4.86. The molecule has 2 aromatic rings. The van der Waals surface area contributed by atoms with Gasteiger partial charge in [0.25, 0.3) is 5.60 Å². The molecule has 1 fully saturated rings. The summed E-state index contributed by atoms with van der Waals surface area (Å²) in [4.78, 5) is 18.6. The number of nitrogens with zero attached hydrogens (tertiary/aromatic N) is 2. The minimum absolute atomic E-state index is 0.0947. The molecule has 33 heavy (non-hydrogen) atoms. The lowest BCUT2D eigenvalue weighted by Crippen LogP contribution is -2.49. The predicted octanol–water partition coefficient (Wildman–Crippen LogP) is 6.00. The first-order valence-corrected chi connectivity index (χ1v) is 12.0. The fourth-order valence-electron chi connectivity index (χ4n) is 3.90. The van der Waals surface area contributed by atoms with Gasteiger partial charge in [0.2, 0.25) is 5.91 Å². The van der Waals surface area contributed by atoms with Crippen LogP contribution in [0.15, 0.2) is 41.6 Å². The van der Waals surface area contributed by atoms with Crippen LogP contribution in [0.25, 0.3) is 0 Å². The third-order valence-corrected chi connectivity index (χ3v) is 6.94. The maximum Gasteiger partial charge on any atom is 0.435 e. The average molecular weight is 521 g/mol. The number of halogens is 6. The van der Waals surface area contributed by atoms with Crippen LogP contribution < -0.4 is 0 Å². The fraction of sp³-hybridized carbons (Fsp3) is 0.364. The van der Waals surface area contributed by atoms with Gasteiger partial charge in [0, 0.05) is 31.0 Å². The Bertz CT molecular complexity index is 1080. The number of likely N-dealkylation sites (tertiary alicyclic amines) is 1. The molecule has 0 saturated carbocycles. The maximum atomic E-state index is 14.1. The third kappa shape index (κ3) is 4.42. The smallest absolute Gasteiger partial charge is 0.374 e. The summed E-state index contributed by atoms with van der Waals surface area (Å²) in [6.07, 6.45) is -3.61. The van der Waals surface area contributed by atoms with Crippen LogP contribution in [0.4, 0.5) is 17.6 Å². The summed E-state index contributed by atoms with van der Waals surface area (Å²) in [5.41, 5.74) is -1.69. The summed E-state index contributed by atoms with van der Waals surface area (Å²) in [6.45, 7) is 1.23. The van der Waals surface area contributed by atoms with Gasteiger partial charge in [0.1, 0.15) is 0 Å². The molecule has 0 radical (unpaired) electrons. The number of thioether (sulfide) groups is 1. The van der Waals surface area contributed by atoms with Gasteiger partial charge in [-0.1, -0.05) is 52.6 Å². The van der Waals surface area contributed by atoms with Crippen molar-refractivity contribution in [1.29, 1.82) is 0 Å². The third-order valence-electron chi connectivity index (χ3n) is 5.85. The number of hydrogen-bond acceptors (Lipinski definition) is 4. The molecule has 1 saturated heterocycles. The molecule has 4 rings (SSSR count). The van der Waals surface area contributed by atoms with E-state index in [1.807, 2.05) is 18.4 Å². The summed E-state index contributed by atoms with van der Waals surface area (Å²) in [6, 6.07) is 8.72. The van der Waals surface area contributed by atoms with Crippen LogP contribution in [-0.2, 0) is 15.2 Å². The number of hydrogen-bond donors (Lipinski definition) is 0. The van der Waals surface area contributed by atoms with Crippen LogP contribution in [0.2, 0.25) is 10.0 Å². The zero-order chi connectivity index (χ0) is 24.0. The fourth-order valence-corrected chi connectivity index (χ4v) is 4.82. The number of benzene rings is 2. The first-order valence-electron chi connectivity index (χ1n) is 9.89. The lowest BCUT2D eigenvalue weighted by atomic mass is 9.85. The van der Waals surface area contributed by atoms with Gasteiger partial charge in [-0.05, 0) is 29.5 Å². The first-order chi connectivity index (χ1) is 15.6. The molecule has 2 heterocycles. The van der Waals surface area contributed by atoms with Gasteiger partial charge in [-0.15, -0.1) is 0 Å². The molecule has 1 unspecified atom stereocenters. The number of rotatable bonds is 5. The molecular weight excluding hydrogens is 503 g/mol. The van der Waals surface area contributed by atoms with Crippen molar-refractivity contribution in [3.05, 3.63) is 69.0 Å². The second-order valence-corrected chi connectivity index (χ2v) is 9.62. The highest BCUT2D eigenvalue weighted by molar-refractivity contribution is 7.99. The van der Waals surface area contributed by atoms with Gasteiger partial charge in [-0.3, -0.25) is 4.79 Å². The van der Waals surface area contributed by atoms with Crippen molar-refractivity contribution in [2.45, 2.75) is 24.1 Å². The summed E-state index contributed by atoms with van der Waals surface area (Å²) in [5, 5.41) is 2.64.